The zero-order valence-corrected chi connectivity index (χ0v) is 12.4. The van der Waals surface area contributed by atoms with Crippen molar-refractivity contribution in [3.05, 3.63) is 70.0 Å². The summed E-state index contributed by atoms with van der Waals surface area (Å²) in [7, 11) is 0. The van der Waals surface area contributed by atoms with Crippen molar-refractivity contribution in [3.63, 3.8) is 0 Å². The summed E-state index contributed by atoms with van der Waals surface area (Å²) in [4.78, 5) is 10.5. The number of nitro groups is 1. The van der Waals surface area contributed by atoms with Gasteiger partial charge in [0.1, 0.15) is 11.5 Å². The molecule has 2 unspecified atom stereocenters. The van der Waals surface area contributed by atoms with Crippen LogP contribution >= 0.6 is 0 Å². The number of nitrogens with one attached hydrogen (secondary N) is 1. The average molecular weight is 316 g/mol. The molecule has 120 valence electrons. The van der Waals surface area contributed by atoms with E-state index < -0.39 is 10.7 Å². The Bertz CT molecular complexity index is 693. The molecule has 0 aromatic heterocycles. The Morgan fingerprint density at radius 3 is 2.74 bits per heavy atom. The number of hydrogen-bond donors (Lipinski definition) is 1. The summed E-state index contributed by atoms with van der Waals surface area (Å²) in [5.41, 5.74) is 1.19. The first-order valence-corrected chi connectivity index (χ1v) is 7.50. The molecule has 3 rings (SSSR count). The van der Waals surface area contributed by atoms with E-state index in [0.717, 1.165) is 18.1 Å². The molecule has 1 N–H and O–H groups in total. The number of benzene rings is 2. The number of hydrogen-bond acceptors (Lipinski definition) is 4. The third-order valence-electron chi connectivity index (χ3n) is 3.97. The van der Waals surface area contributed by atoms with Crippen LogP contribution in [0.15, 0.2) is 48.5 Å². The van der Waals surface area contributed by atoms with Crippen LogP contribution in [0.5, 0.6) is 0 Å². The second-order valence-corrected chi connectivity index (χ2v) is 5.55. The lowest BCUT2D eigenvalue weighted by Crippen LogP contribution is -2.30. The van der Waals surface area contributed by atoms with Crippen molar-refractivity contribution in [2.75, 3.05) is 11.9 Å². The van der Waals surface area contributed by atoms with Gasteiger partial charge in [-0.1, -0.05) is 30.3 Å². The van der Waals surface area contributed by atoms with E-state index in [2.05, 4.69) is 5.32 Å². The largest absolute Gasteiger partial charge is 0.377 e. The number of halogens is 1. The quantitative estimate of drug-likeness (QED) is 0.682. The Hall–Kier alpha value is -2.47. The summed E-state index contributed by atoms with van der Waals surface area (Å²) in [5.74, 6) is -0.614. The lowest BCUT2D eigenvalue weighted by atomic mass is 9.97. The molecule has 23 heavy (non-hydrogen) atoms. The van der Waals surface area contributed by atoms with Gasteiger partial charge in [-0.05, 0) is 30.5 Å². The van der Waals surface area contributed by atoms with Gasteiger partial charge < -0.3 is 10.1 Å². The van der Waals surface area contributed by atoms with E-state index in [1.165, 1.54) is 12.1 Å². The molecule has 1 saturated heterocycles. The van der Waals surface area contributed by atoms with Crippen molar-refractivity contribution in [3.8, 4) is 0 Å². The highest BCUT2D eigenvalue weighted by Crippen LogP contribution is 2.32. The van der Waals surface area contributed by atoms with E-state index in [0.29, 0.717) is 18.7 Å². The van der Waals surface area contributed by atoms with Crippen LogP contribution in [-0.4, -0.2) is 17.6 Å². The van der Waals surface area contributed by atoms with Gasteiger partial charge in [0.25, 0.3) is 5.69 Å². The summed E-state index contributed by atoms with van der Waals surface area (Å²) in [5, 5.41) is 14.2. The molecular formula is C17H17FN2O3. The number of rotatable bonds is 4. The van der Waals surface area contributed by atoms with E-state index in [-0.39, 0.29) is 17.8 Å². The second kappa shape index (κ2) is 6.75. The van der Waals surface area contributed by atoms with Gasteiger partial charge in [-0.15, -0.1) is 0 Å². The molecule has 5 nitrogen and oxygen atoms in total. The first-order valence-electron chi connectivity index (χ1n) is 7.50. The van der Waals surface area contributed by atoms with Gasteiger partial charge >= 0.3 is 0 Å². The molecule has 0 amide bonds. The maximum atomic E-state index is 13.2. The molecule has 0 bridgehead atoms. The zero-order valence-electron chi connectivity index (χ0n) is 12.4. The Kier molecular flexibility index (Phi) is 4.52. The van der Waals surface area contributed by atoms with Gasteiger partial charge in [0.05, 0.1) is 17.1 Å². The molecule has 0 aliphatic carbocycles. The van der Waals surface area contributed by atoms with Crippen LogP contribution in [0.4, 0.5) is 15.8 Å². The molecular weight excluding hydrogens is 299 g/mol. The molecule has 0 radical (unpaired) electrons. The van der Waals surface area contributed by atoms with E-state index in [4.69, 9.17) is 4.74 Å². The van der Waals surface area contributed by atoms with Crippen LogP contribution < -0.4 is 5.32 Å². The van der Waals surface area contributed by atoms with Crippen LogP contribution in [0, 0.1) is 15.9 Å². The van der Waals surface area contributed by atoms with Gasteiger partial charge in [0.2, 0.25) is 0 Å². The lowest BCUT2D eigenvalue weighted by Gasteiger charge is -2.31. The first-order chi connectivity index (χ1) is 11.1. The second-order valence-electron chi connectivity index (χ2n) is 5.55. The van der Waals surface area contributed by atoms with Crippen molar-refractivity contribution >= 4 is 11.4 Å². The van der Waals surface area contributed by atoms with Crippen molar-refractivity contribution in [1.82, 2.24) is 0 Å². The van der Waals surface area contributed by atoms with E-state index >= 15 is 0 Å². The van der Waals surface area contributed by atoms with Crippen LogP contribution in [-0.2, 0) is 4.74 Å². The zero-order chi connectivity index (χ0) is 16.2. The fourth-order valence-electron chi connectivity index (χ4n) is 2.83. The molecule has 6 heteroatoms. The summed E-state index contributed by atoms with van der Waals surface area (Å²) in [6, 6.07) is 13.5. The molecule has 0 saturated carbocycles. The van der Waals surface area contributed by atoms with Gasteiger partial charge in [-0.3, -0.25) is 10.1 Å². The molecule has 1 aliphatic heterocycles. The number of nitrogens with zero attached hydrogens (tertiary/aromatic N) is 1. The summed E-state index contributed by atoms with van der Waals surface area (Å²) < 4.78 is 19.0. The SMILES string of the molecule is O=[N+]([O-])c1cc(F)ccc1NC1CCOC(c2ccccc2)C1. The minimum absolute atomic E-state index is 0.0399. The van der Waals surface area contributed by atoms with Gasteiger partial charge in [-0.25, -0.2) is 4.39 Å². The Morgan fingerprint density at radius 2 is 2.00 bits per heavy atom. The molecule has 1 aliphatic rings. The Labute approximate surface area is 133 Å². The number of ether oxygens (including phenoxy) is 1. The minimum atomic E-state index is -0.614. The third kappa shape index (κ3) is 3.65. The van der Waals surface area contributed by atoms with Crippen LogP contribution in [0.1, 0.15) is 24.5 Å². The van der Waals surface area contributed by atoms with Crippen LogP contribution in [0.2, 0.25) is 0 Å². The highest BCUT2D eigenvalue weighted by molar-refractivity contribution is 5.61. The summed E-state index contributed by atoms with van der Waals surface area (Å²) in [6.45, 7) is 0.576. The average Bonchev–Trinajstić information content (AvgIpc) is 2.57. The molecule has 2 atom stereocenters. The highest BCUT2D eigenvalue weighted by Gasteiger charge is 2.26. The topological polar surface area (TPSA) is 64.4 Å². The van der Waals surface area contributed by atoms with E-state index in [1.807, 2.05) is 30.3 Å². The molecule has 2 aromatic carbocycles. The van der Waals surface area contributed by atoms with Crippen molar-refractivity contribution < 1.29 is 14.1 Å². The van der Waals surface area contributed by atoms with Crippen LogP contribution in [0.3, 0.4) is 0 Å². The minimum Gasteiger partial charge on any atom is -0.377 e. The van der Waals surface area contributed by atoms with Gasteiger partial charge in [0.15, 0.2) is 0 Å². The van der Waals surface area contributed by atoms with E-state index in [1.54, 1.807) is 0 Å². The Balaban J connectivity index is 1.74. The fraction of sp³-hybridized carbons (Fsp3) is 0.294. The predicted octanol–water partition coefficient (Wildman–Crippen LogP) is 4.07. The third-order valence-corrected chi connectivity index (χ3v) is 3.97. The van der Waals surface area contributed by atoms with Crippen molar-refractivity contribution in [2.24, 2.45) is 0 Å². The van der Waals surface area contributed by atoms with E-state index in [9.17, 15) is 14.5 Å². The number of anilines is 1. The van der Waals surface area contributed by atoms with Crippen LogP contribution in [0.25, 0.3) is 0 Å². The maximum absolute atomic E-state index is 13.2. The van der Waals surface area contributed by atoms with Crippen molar-refractivity contribution in [1.29, 1.82) is 0 Å². The summed E-state index contributed by atoms with van der Waals surface area (Å²) >= 11 is 0. The fourth-order valence-corrected chi connectivity index (χ4v) is 2.83. The summed E-state index contributed by atoms with van der Waals surface area (Å²) in [6.07, 6.45) is 1.41. The van der Waals surface area contributed by atoms with Gasteiger partial charge in [0, 0.05) is 12.6 Å². The number of nitro benzene ring substituents is 1. The van der Waals surface area contributed by atoms with Gasteiger partial charge in [-0.2, -0.15) is 0 Å². The molecule has 1 heterocycles. The smallest absolute Gasteiger partial charge is 0.295 e. The predicted molar refractivity (Wildman–Crippen MR) is 84.8 cm³/mol. The monoisotopic (exact) mass is 316 g/mol. The molecule has 0 spiro atoms. The van der Waals surface area contributed by atoms with Crippen molar-refractivity contribution in [2.45, 2.75) is 25.0 Å². The highest BCUT2D eigenvalue weighted by atomic mass is 19.1. The normalized spacial score (nSPS) is 20.9. The Morgan fingerprint density at radius 1 is 1.22 bits per heavy atom. The standard InChI is InChI=1S/C17H17FN2O3/c18-13-6-7-15(16(10-13)20(21)22)19-14-8-9-23-17(11-14)12-4-2-1-3-5-12/h1-7,10,14,17,19H,8-9,11H2. The molecule has 2 aromatic rings. The lowest BCUT2D eigenvalue weighted by molar-refractivity contribution is -0.384. The maximum Gasteiger partial charge on any atom is 0.295 e. The molecule has 1 fully saturated rings. The first kappa shape index (κ1) is 15.4.